The highest BCUT2D eigenvalue weighted by molar-refractivity contribution is 7.20. The molecule has 1 N–H and O–H groups in total. The Bertz CT molecular complexity index is 934. The van der Waals surface area contributed by atoms with Crippen molar-refractivity contribution in [3.63, 3.8) is 0 Å². The van der Waals surface area contributed by atoms with Gasteiger partial charge in [0.25, 0.3) is 5.91 Å². The standard InChI is InChI=1S/C19H22N4O2S/c1-5-23(6-2)17-15-12(3)16(26-19(15)21-11-20-17)18(24)22-13-8-7-9-14(10-13)25-4/h7-11H,5-6H2,1-4H3,(H,22,24). The average Bonchev–Trinajstić information content (AvgIpc) is 3.00. The molecule has 0 spiro atoms. The molecule has 0 aliphatic heterocycles. The van der Waals surface area contributed by atoms with E-state index in [1.807, 2.05) is 25.1 Å². The second-order valence-corrected chi connectivity index (χ2v) is 6.79. The van der Waals surface area contributed by atoms with E-state index in [0.717, 1.165) is 34.7 Å². The van der Waals surface area contributed by atoms with Gasteiger partial charge in [0.15, 0.2) is 0 Å². The zero-order chi connectivity index (χ0) is 18.7. The quantitative estimate of drug-likeness (QED) is 0.707. The maximum absolute atomic E-state index is 12.8. The third-order valence-corrected chi connectivity index (χ3v) is 5.50. The monoisotopic (exact) mass is 370 g/mol. The lowest BCUT2D eigenvalue weighted by Crippen LogP contribution is -2.23. The third-order valence-electron chi connectivity index (χ3n) is 4.30. The molecule has 0 fully saturated rings. The molecule has 3 aromatic rings. The summed E-state index contributed by atoms with van der Waals surface area (Å²) < 4.78 is 5.21. The summed E-state index contributed by atoms with van der Waals surface area (Å²) in [7, 11) is 1.60. The molecule has 6 nitrogen and oxygen atoms in total. The Balaban J connectivity index is 1.98. The van der Waals surface area contributed by atoms with E-state index in [2.05, 4.69) is 34.0 Å². The molecule has 0 bridgehead atoms. The molecule has 1 amide bonds. The fourth-order valence-electron chi connectivity index (χ4n) is 2.92. The molecule has 26 heavy (non-hydrogen) atoms. The first-order chi connectivity index (χ1) is 12.6. The van der Waals surface area contributed by atoms with Gasteiger partial charge in [-0.15, -0.1) is 11.3 Å². The van der Waals surface area contributed by atoms with Gasteiger partial charge < -0.3 is 15.0 Å². The summed E-state index contributed by atoms with van der Waals surface area (Å²) in [6, 6.07) is 7.31. The topological polar surface area (TPSA) is 67.4 Å². The number of rotatable bonds is 6. The minimum atomic E-state index is -0.149. The van der Waals surface area contributed by atoms with Crippen molar-refractivity contribution in [2.24, 2.45) is 0 Å². The van der Waals surface area contributed by atoms with Crippen LogP contribution in [0.5, 0.6) is 5.75 Å². The van der Waals surface area contributed by atoms with E-state index in [-0.39, 0.29) is 5.91 Å². The summed E-state index contributed by atoms with van der Waals surface area (Å²) in [6.07, 6.45) is 1.57. The molecular formula is C19H22N4O2S. The summed E-state index contributed by atoms with van der Waals surface area (Å²) in [5.74, 6) is 1.43. The number of nitrogens with zero attached hydrogens (tertiary/aromatic N) is 3. The maximum atomic E-state index is 12.8. The van der Waals surface area contributed by atoms with Crippen LogP contribution in [0.3, 0.4) is 0 Å². The van der Waals surface area contributed by atoms with Crippen LogP contribution in [0.25, 0.3) is 10.2 Å². The molecule has 1 aromatic carbocycles. The Kier molecular flexibility index (Phi) is 5.37. The molecule has 2 heterocycles. The van der Waals surface area contributed by atoms with Gasteiger partial charge in [-0.25, -0.2) is 9.97 Å². The smallest absolute Gasteiger partial charge is 0.266 e. The van der Waals surface area contributed by atoms with Crippen LogP contribution in [0.2, 0.25) is 0 Å². The molecule has 0 aliphatic rings. The number of ether oxygens (including phenoxy) is 1. The second-order valence-electron chi connectivity index (χ2n) is 5.79. The molecule has 0 unspecified atom stereocenters. The van der Waals surface area contributed by atoms with Crippen LogP contribution in [0.4, 0.5) is 11.5 Å². The van der Waals surface area contributed by atoms with Crippen LogP contribution in [-0.2, 0) is 0 Å². The third kappa shape index (κ3) is 3.35. The summed E-state index contributed by atoms with van der Waals surface area (Å²) in [5.41, 5.74) is 1.61. The fraction of sp³-hybridized carbons (Fsp3) is 0.316. The van der Waals surface area contributed by atoms with Crippen molar-refractivity contribution in [3.8, 4) is 5.75 Å². The number of anilines is 2. The minimum Gasteiger partial charge on any atom is -0.497 e. The molecule has 7 heteroatoms. The van der Waals surface area contributed by atoms with Crippen molar-refractivity contribution in [2.45, 2.75) is 20.8 Å². The van der Waals surface area contributed by atoms with Crippen molar-refractivity contribution >= 4 is 39.0 Å². The molecule has 0 saturated heterocycles. The van der Waals surface area contributed by atoms with Crippen molar-refractivity contribution in [1.29, 1.82) is 0 Å². The number of aromatic nitrogens is 2. The molecule has 0 radical (unpaired) electrons. The Morgan fingerprint density at radius 2 is 2.04 bits per heavy atom. The highest BCUT2D eigenvalue weighted by Crippen LogP contribution is 2.35. The average molecular weight is 370 g/mol. The molecule has 0 atom stereocenters. The Labute approximate surface area is 156 Å². The number of benzene rings is 1. The number of fused-ring (bicyclic) bond motifs is 1. The Morgan fingerprint density at radius 1 is 1.27 bits per heavy atom. The number of carbonyl (C=O) groups is 1. The summed E-state index contributed by atoms with van der Waals surface area (Å²) in [6.45, 7) is 7.84. The molecular weight excluding hydrogens is 348 g/mol. The van der Waals surface area contributed by atoms with Crippen molar-refractivity contribution in [3.05, 3.63) is 41.0 Å². The number of nitrogens with one attached hydrogen (secondary N) is 1. The van der Waals surface area contributed by atoms with Crippen LogP contribution in [-0.4, -0.2) is 36.1 Å². The first-order valence-corrected chi connectivity index (χ1v) is 9.35. The van der Waals surface area contributed by atoms with Gasteiger partial charge in [-0.3, -0.25) is 4.79 Å². The SMILES string of the molecule is CCN(CC)c1ncnc2sc(C(=O)Nc3cccc(OC)c3)c(C)c12. The predicted octanol–water partition coefficient (Wildman–Crippen LogP) is 4.11. The lowest BCUT2D eigenvalue weighted by molar-refractivity contribution is 0.103. The molecule has 136 valence electrons. The molecule has 0 saturated carbocycles. The minimum absolute atomic E-state index is 0.149. The first kappa shape index (κ1) is 18.1. The first-order valence-electron chi connectivity index (χ1n) is 8.53. The molecule has 0 aliphatic carbocycles. The Hall–Kier alpha value is -2.67. The van der Waals surface area contributed by atoms with Gasteiger partial charge in [0, 0.05) is 24.8 Å². The van der Waals surface area contributed by atoms with Crippen LogP contribution in [0.1, 0.15) is 29.1 Å². The highest BCUT2D eigenvalue weighted by Gasteiger charge is 2.21. The number of thiophene rings is 1. The number of carbonyl (C=O) groups excluding carboxylic acids is 1. The van der Waals surface area contributed by atoms with E-state index in [4.69, 9.17) is 4.74 Å². The van der Waals surface area contributed by atoms with E-state index >= 15 is 0 Å². The van der Waals surface area contributed by atoms with Crippen LogP contribution < -0.4 is 15.0 Å². The van der Waals surface area contributed by atoms with Crippen molar-refractivity contribution in [2.75, 3.05) is 30.4 Å². The maximum Gasteiger partial charge on any atom is 0.266 e. The lowest BCUT2D eigenvalue weighted by atomic mass is 10.2. The number of hydrogen-bond acceptors (Lipinski definition) is 6. The summed E-state index contributed by atoms with van der Waals surface area (Å²) in [5, 5.41) is 3.90. The van der Waals surface area contributed by atoms with Gasteiger partial charge in [-0.05, 0) is 38.5 Å². The van der Waals surface area contributed by atoms with Crippen LogP contribution in [0.15, 0.2) is 30.6 Å². The van der Waals surface area contributed by atoms with Gasteiger partial charge in [-0.2, -0.15) is 0 Å². The van der Waals surface area contributed by atoms with E-state index in [1.165, 1.54) is 11.3 Å². The normalized spacial score (nSPS) is 10.8. The number of aryl methyl sites for hydroxylation is 1. The van der Waals surface area contributed by atoms with E-state index in [9.17, 15) is 4.79 Å². The fourth-order valence-corrected chi connectivity index (χ4v) is 3.96. The zero-order valence-electron chi connectivity index (χ0n) is 15.4. The lowest BCUT2D eigenvalue weighted by Gasteiger charge is -2.20. The Morgan fingerprint density at radius 3 is 2.73 bits per heavy atom. The van der Waals surface area contributed by atoms with Gasteiger partial charge >= 0.3 is 0 Å². The van der Waals surface area contributed by atoms with E-state index in [1.54, 1.807) is 19.5 Å². The number of amides is 1. The number of hydrogen-bond donors (Lipinski definition) is 1. The van der Waals surface area contributed by atoms with Crippen LogP contribution >= 0.6 is 11.3 Å². The van der Waals surface area contributed by atoms with Crippen molar-refractivity contribution in [1.82, 2.24) is 9.97 Å². The van der Waals surface area contributed by atoms with Gasteiger partial charge in [0.2, 0.25) is 0 Å². The van der Waals surface area contributed by atoms with E-state index < -0.39 is 0 Å². The summed E-state index contributed by atoms with van der Waals surface area (Å²) >= 11 is 1.39. The second kappa shape index (κ2) is 7.70. The number of methoxy groups -OCH3 is 1. The van der Waals surface area contributed by atoms with Gasteiger partial charge in [0.05, 0.1) is 17.4 Å². The molecule has 3 rings (SSSR count). The molecule has 2 aromatic heterocycles. The van der Waals surface area contributed by atoms with Crippen LogP contribution in [0, 0.1) is 6.92 Å². The van der Waals surface area contributed by atoms with Gasteiger partial charge in [-0.1, -0.05) is 6.07 Å². The highest BCUT2D eigenvalue weighted by atomic mass is 32.1. The largest absolute Gasteiger partial charge is 0.497 e. The zero-order valence-corrected chi connectivity index (χ0v) is 16.2. The predicted molar refractivity (Wildman–Crippen MR) is 107 cm³/mol. The summed E-state index contributed by atoms with van der Waals surface area (Å²) in [4.78, 5) is 25.3. The van der Waals surface area contributed by atoms with Gasteiger partial charge in [0.1, 0.15) is 22.7 Å². The van der Waals surface area contributed by atoms with Crippen molar-refractivity contribution < 1.29 is 9.53 Å². The van der Waals surface area contributed by atoms with E-state index in [0.29, 0.717) is 16.3 Å².